The molecule has 2 nitrogen and oxygen atoms in total. The molecule has 0 aromatic rings. The third-order valence-corrected chi connectivity index (χ3v) is 1.65. The van der Waals surface area contributed by atoms with Crippen LogP contribution in [0.15, 0.2) is 0 Å². The number of hydrogen-bond donors (Lipinski definition) is 0. The van der Waals surface area contributed by atoms with Crippen molar-refractivity contribution in [3.8, 4) is 0 Å². The molecule has 2 aliphatic heterocycles. The summed E-state index contributed by atoms with van der Waals surface area (Å²) in [7, 11) is 0. The Hall–Kier alpha value is 1.31. The van der Waals surface area contributed by atoms with Gasteiger partial charge in [-0.05, 0) is 25.7 Å². The van der Waals surface area contributed by atoms with Crippen LogP contribution in [0.4, 0.5) is 0 Å². The van der Waals surface area contributed by atoms with E-state index in [1.165, 1.54) is 25.7 Å². The largest absolute Gasteiger partial charge is 2.00 e. The van der Waals surface area contributed by atoms with Crippen molar-refractivity contribution in [1.29, 1.82) is 0 Å². The minimum atomic E-state index is 0. The van der Waals surface area contributed by atoms with Crippen molar-refractivity contribution in [2.75, 3.05) is 26.4 Å². The normalized spacial score (nSPS) is 18.5. The van der Waals surface area contributed by atoms with Crippen molar-refractivity contribution in [1.82, 2.24) is 0 Å². The molecule has 0 unspecified atom stereocenters. The summed E-state index contributed by atoms with van der Waals surface area (Å²) in [5.41, 5.74) is 0. The zero-order valence-electron chi connectivity index (χ0n) is 8.34. The molecule has 0 bridgehead atoms. The second-order valence-corrected chi connectivity index (χ2v) is 2.64. The Balaban J connectivity index is -0.000000125. The molecule has 0 N–H and O–H groups in total. The van der Waals surface area contributed by atoms with E-state index in [0.717, 1.165) is 26.4 Å². The first-order valence-electron chi connectivity index (χ1n) is 4.15. The molecule has 2 heterocycles. The van der Waals surface area contributed by atoms with Gasteiger partial charge in [0.25, 0.3) is 0 Å². The average molecular weight is 206 g/mol. The smallest absolute Gasteiger partial charge is 1.00 e. The molecule has 0 aromatic heterocycles. The van der Waals surface area contributed by atoms with Gasteiger partial charge in [0.05, 0.1) is 0 Å². The van der Waals surface area contributed by atoms with Gasteiger partial charge in [-0.25, -0.2) is 0 Å². The first-order chi connectivity index (χ1) is 5.00. The van der Waals surface area contributed by atoms with Crippen LogP contribution in [0.25, 0.3) is 0 Å². The van der Waals surface area contributed by atoms with E-state index in [1.807, 2.05) is 0 Å². The minimum absolute atomic E-state index is 0. The Morgan fingerprint density at radius 3 is 0.846 bits per heavy atom. The van der Waals surface area contributed by atoms with E-state index in [1.54, 1.807) is 0 Å². The van der Waals surface area contributed by atoms with Gasteiger partial charge in [-0.3, -0.25) is 0 Å². The maximum Gasteiger partial charge on any atom is 2.00 e. The fourth-order valence-electron chi connectivity index (χ4n) is 1.02. The molecule has 5 heteroatoms. The van der Waals surface area contributed by atoms with Gasteiger partial charge >= 0.3 is 37.7 Å². The van der Waals surface area contributed by atoms with Gasteiger partial charge < -0.3 is 26.3 Å². The molecule has 2 fully saturated rings. The van der Waals surface area contributed by atoms with Crippen molar-refractivity contribution in [2.45, 2.75) is 25.7 Å². The van der Waals surface area contributed by atoms with Crippen molar-refractivity contribution in [2.24, 2.45) is 0 Å². The predicted molar refractivity (Wildman–Crippen MR) is 57.4 cm³/mol. The number of ether oxygens (including phenoxy) is 2. The minimum Gasteiger partial charge on any atom is -1.00 e. The molecule has 0 amide bonds. The Labute approximate surface area is 115 Å². The molecule has 0 aliphatic carbocycles. The summed E-state index contributed by atoms with van der Waals surface area (Å²) in [4.78, 5) is 0. The van der Waals surface area contributed by atoms with E-state index in [0.29, 0.717) is 0 Å². The Kier molecular flexibility index (Phi) is 24.0. The standard InChI is InChI=1S/2C4H8O.2B.Ca/c2*1-2-4-5-3-1;;;/h2*1-4H2;;;/q;;2*-1;+2. The second-order valence-electron chi connectivity index (χ2n) is 2.64. The van der Waals surface area contributed by atoms with Crippen LogP contribution in [-0.4, -0.2) is 81.0 Å². The van der Waals surface area contributed by atoms with E-state index in [-0.39, 0.29) is 54.6 Å². The monoisotopic (exact) mass is 206 g/mol. The van der Waals surface area contributed by atoms with Crippen molar-refractivity contribution < 1.29 is 9.47 Å². The van der Waals surface area contributed by atoms with Gasteiger partial charge in [-0.15, -0.1) is 0 Å². The van der Waals surface area contributed by atoms with Gasteiger partial charge in [0, 0.05) is 26.4 Å². The van der Waals surface area contributed by atoms with Crippen LogP contribution in [-0.2, 0) is 9.47 Å². The molecule has 2 saturated heterocycles. The van der Waals surface area contributed by atoms with E-state index in [4.69, 9.17) is 9.47 Å². The first kappa shape index (κ1) is 19.8. The topological polar surface area (TPSA) is 18.5 Å². The molecular formula is C8H16B2CaO2. The van der Waals surface area contributed by atoms with Crippen LogP contribution in [0.1, 0.15) is 25.7 Å². The van der Waals surface area contributed by atoms with E-state index in [9.17, 15) is 0 Å². The summed E-state index contributed by atoms with van der Waals surface area (Å²) in [6, 6.07) is 0. The van der Waals surface area contributed by atoms with E-state index in [2.05, 4.69) is 0 Å². The summed E-state index contributed by atoms with van der Waals surface area (Å²) >= 11 is 0. The molecule has 0 spiro atoms. The predicted octanol–water partition coefficient (Wildman–Crippen LogP) is 0.451. The average Bonchev–Trinajstić information content (AvgIpc) is 2.67. The van der Waals surface area contributed by atoms with E-state index < -0.39 is 0 Å². The second kappa shape index (κ2) is 15.8. The van der Waals surface area contributed by atoms with Gasteiger partial charge in [0.2, 0.25) is 0 Å². The summed E-state index contributed by atoms with van der Waals surface area (Å²) < 4.78 is 9.89. The van der Waals surface area contributed by atoms with Gasteiger partial charge in [0.15, 0.2) is 0 Å². The third kappa shape index (κ3) is 13.3. The van der Waals surface area contributed by atoms with Crippen LogP contribution in [0.3, 0.4) is 0 Å². The Morgan fingerprint density at radius 2 is 0.769 bits per heavy atom. The van der Waals surface area contributed by atoms with Crippen LogP contribution in [0.2, 0.25) is 0 Å². The molecule has 68 valence electrons. The maximum atomic E-state index is 4.94. The van der Waals surface area contributed by atoms with Crippen molar-refractivity contribution >= 4 is 54.6 Å². The first-order valence-corrected chi connectivity index (χ1v) is 4.15. The van der Waals surface area contributed by atoms with Crippen molar-refractivity contribution in [3.05, 3.63) is 0 Å². The number of hydrogen-bond acceptors (Lipinski definition) is 2. The van der Waals surface area contributed by atoms with Crippen LogP contribution in [0, 0.1) is 0 Å². The van der Waals surface area contributed by atoms with Crippen LogP contribution >= 0.6 is 0 Å². The number of rotatable bonds is 0. The molecule has 2 aliphatic rings. The molecule has 13 heavy (non-hydrogen) atoms. The van der Waals surface area contributed by atoms with Crippen LogP contribution < -0.4 is 0 Å². The molecular weight excluding hydrogens is 190 g/mol. The van der Waals surface area contributed by atoms with Gasteiger partial charge in [-0.2, -0.15) is 0 Å². The fraction of sp³-hybridized carbons (Fsp3) is 1.00. The summed E-state index contributed by atoms with van der Waals surface area (Å²) in [5.74, 6) is 0. The molecule has 2 rings (SSSR count). The summed E-state index contributed by atoms with van der Waals surface area (Å²) in [5, 5.41) is 0. The molecule has 0 saturated carbocycles. The zero-order valence-corrected chi connectivity index (χ0v) is 10.5. The quantitative estimate of drug-likeness (QED) is 0.535. The Bertz CT molecular complexity index is 53.3. The maximum absolute atomic E-state index is 4.94. The van der Waals surface area contributed by atoms with E-state index >= 15 is 0 Å². The van der Waals surface area contributed by atoms with Gasteiger partial charge in [0.1, 0.15) is 0 Å². The summed E-state index contributed by atoms with van der Waals surface area (Å²) in [6.07, 6.45) is 5.11. The SMILES string of the molecule is C1CCOC1.C1CCOC1.[B-].[B-].[Ca+2]. The molecule has 0 atom stereocenters. The zero-order chi connectivity index (χ0) is 7.07. The van der Waals surface area contributed by atoms with Gasteiger partial charge in [-0.1, -0.05) is 0 Å². The van der Waals surface area contributed by atoms with Crippen LogP contribution in [0.5, 0.6) is 0 Å². The third-order valence-electron chi connectivity index (χ3n) is 1.65. The van der Waals surface area contributed by atoms with Crippen molar-refractivity contribution in [3.63, 3.8) is 0 Å². The summed E-state index contributed by atoms with van der Waals surface area (Å²) in [6.45, 7) is 4.00. The molecule has 0 aromatic carbocycles. The fourth-order valence-corrected chi connectivity index (χ4v) is 1.02. The molecule has 8 radical (unpaired) electrons. The Morgan fingerprint density at radius 1 is 0.538 bits per heavy atom.